The molecule has 0 fully saturated rings. The zero-order valence-corrected chi connectivity index (χ0v) is 7.13. The number of allylic oxidation sites excluding steroid dienone is 2. The van der Waals surface area contributed by atoms with Crippen molar-refractivity contribution in [2.45, 2.75) is 19.1 Å². The second-order valence-corrected chi connectivity index (χ2v) is 3.80. The molecular formula is C6H10O4S. The molecule has 0 bridgehead atoms. The summed E-state index contributed by atoms with van der Waals surface area (Å²) < 4.78 is 29.1. The third-order valence-electron chi connectivity index (χ3n) is 1.18. The van der Waals surface area contributed by atoms with Crippen molar-refractivity contribution in [3.63, 3.8) is 0 Å². The van der Waals surface area contributed by atoms with Gasteiger partial charge in [0, 0.05) is 0 Å². The molecule has 0 heterocycles. The largest absolute Gasteiger partial charge is 0.293 e. The molecule has 1 unspecified atom stereocenters. The Balaban J connectivity index is 4.52. The first-order valence-corrected chi connectivity index (χ1v) is 4.52. The maximum atomic E-state index is 10.8. The van der Waals surface area contributed by atoms with Gasteiger partial charge in [0.2, 0.25) is 0 Å². The lowest BCUT2D eigenvalue weighted by Crippen LogP contribution is -2.24. The van der Waals surface area contributed by atoms with Gasteiger partial charge in [0.05, 0.1) is 0 Å². The summed E-state index contributed by atoms with van der Waals surface area (Å²) in [5, 5.41) is -1.36. The Bertz CT molecular complexity index is 262. The lowest BCUT2D eigenvalue weighted by Gasteiger charge is -2.01. The average Bonchev–Trinajstić information content (AvgIpc) is 1.85. The Morgan fingerprint density at radius 3 is 2.27 bits per heavy atom. The number of hydrogen-bond acceptors (Lipinski definition) is 3. The summed E-state index contributed by atoms with van der Waals surface area (Å²) >= 11 is 0. The van der Waals surface area contributed by atoms with Crippen LogP contribution in [0.25, 0.3) is 0 Å². The van der Waals surface area contributed by atoms with Crippen molar-refractivity contribution in [2.75, 3.05) is 0 Å². The second kappa shape index (κ2) is 3.64. The SMILES string of the molecule is CC=CC(=O)C(C)S(=O)(=O)O. The van der Waals surface area contributed by atoms with Gasteiger partial charge in [-0.25, -0.2) is 0 Å². The van der Waals surface area contributed by atoms with E-state index in [9.17, 15) is 13.2 Å². The van der Waals surface area contributed by atoms with Gasteiger partial charge in [-0.2, -0.15) is 8.42 Å². The summed E-state index contributed by atoms with van der Waals surface area (Å²) in [7, 11) is -4.23. The lowest BCUT2D eigenvalue weighted by atomic mass is 10.3. The predicted molar refractivity (Wildman–Crippen MR) is 40.8 cm³/mol. The molecule has 0 spiro atoms. The van der Waals surface area contributed by atoms with Gasteiger partial charge in [0.25, 0.3) is 10.1 Å². The van der Waals surface area contributed by atoms with Gasteiger partial charge in [-0.3, -0.25) is 9.35 Å². The Morgan fingerprint density at radius 2 is 2.00 bits per heavy atom. The molecule has 0 aromatic heterocycles. The smallest absolute Gasteiger partial charge is 0.275 e. The highest BCUT2D eigenvalue weighted by atomic mass is 32.2. The minimum absolute atomic E-state index is 0.616. The standard InChI is InChI=1S/C6H10O4S/c1-3-4-6(7)5(2)11(8,9)10/h3-5H,1-2H3,(H,8,9,10). The summed E-state index contributed by atoms with van der Waals surface area (Å²) in [5.41, 5.74) is 0. The van der Waals surface area contributed by atoms with Gasteiger partial charge in [-0.05, 0) is 19.9 Å². The highest BCUT2D eigenvalue weighted by Crippen LogP contribution is 1.99. The van der Waals surface area contributed by atoms with E-state index in [1.165, 1.54) is 6.08 Å². The van der Waals surface area contributed by atoms with Crippen LogP contribution in [0.5, 0.6) is 0 Å². The highest BCUT2D eigenvalue weighted by molar-refractivity contribution is 7.87. The number of carbonyl (C=O) groups excluding carboxylic acids is 1. The fourth-order valence-electron chi connectivity index (χ4n) is 0.447. The second-order valence-electron chi connectivity index (χ2n) is 2.06. The molecule has 11 heavy (non-hydrogen) atoms. The van der Waals surface area contributed by atoms with Crippen LogP contribution in [0.1, 0.15) is 13.8 Å². The van der Waals surface area contributed by atoms with Crippen LogP contribution >= 0.6 is 0 Å². The highest BCUT2D eigenvalue weighted by Gasteiger charge is 2.22. The van der Waals surface area contributed by atoms with Crippen LogP contribution in [-0.2, 0) is 14.9 Å². The molecule has 0 aromatic carbocycles. The number of ketones is 1. The molecule has 0 radical (unpaired) electrons. The Hall–Kier alpha value is -0.680. The van der Waals surface area contributed by atoms with Crippen LogP contribution in [-0.4, -0.2) is 24.0 Å². The van der Waals surface area contributed by atoms with Gasteiger partial charge < -0.3 is 0 Å². The fraction of sp³-hybridized carbons (Fsp3) is 0.500. The summed E-state index contributed by atoms with van der Waals surface area (Å²) in [6.45, 7) is 2.73. The first-order valence-electron chi connectivity index (χ1n) is 3.02. The third kappa shape index (κ3) is 3.29. The van der Waals surface area contributed by atoms with Crippen molar-refractivity contribution in [3.05, 3.63) is 12.2 Å². The topological polar surface area (TPSA) is 71.4 Å². The van der Waals surface area contributed by atoms with Crippen LogP contribution in [0.2, 0.25) is 0 Å². The average molecular weight is 178 g/mol. The zero-order valence-electron chi connectivity index (χ0n) is 6.31. The van der Waals surface area contributed by atoms with E-state index >= 15 is 0 Å². The minimum Gasteiger partial charge on any atom is -0.293 e. The maximum Gasteiger partial charge on any atom is 0.275 e. The third-order valence-corrected chi connectivity index (χ3v) is 2.30. The van der Waals surface area contributed by atoms with Gasteiger partial charge in [-0.15, -0.1) is 0 Å². The monoisotopic (exact) mass is 178 g/mol. The fourth-order valence-corrected chi connectivity index (χ4v) is 0.819. The lowest BCUT2D eigenvalue weighted by molar-refractivity contribution is -0.114. The van der Waals surface area contributed by atoms with Crippen LogP contribution in [0, 0.1) is 0 Å². The number of hydrogen-bond donors (Lipinski definition) is 1. The molecule has 0 amide bonds. The molecule has 4 nitrogen and oxygen atoms in total. The molecule has 0 aliphatic carbocycles. The van der Waals surface area contributed by atoms with Crippen LogP contribution < -0.4 is 0 Å². The van der Waals surface area contributed by atoms with E-state index in [1.54, 1.807) is 6.92 Å². The molecule has 5 heteroatoms. The van der Waals surface area contributed by atoms with E-state index in [1.807, 2.05) is 0 Å². The van der Waals surface area contributed by atoms with Crippen LogP contribution in [0.15, 0.2) is 12.2 Å². The molecule has 0 saturated carbocycles. The summed E-state index contributed by atoms with van der Waals surface area (Å²) in [4.78, 5) is 10.8. The normalized spacial score (nSPS) is 15.2. The summed E-state index contributed by atoms with van der Waals surface area (Å²) in [5.74, 6) is -0.616. The van der Waals surface area contributed by atoms with Gasteiger partial charge >= 0.3 is 0 Å². The molecule has 0 aromatic rings. The number of rotatable bonds is 3. The molecule has 0 aliphatic heterocycles. The molecular weight excluding hydrogens is 168 g/mol. The first kappa shape index (κ1) is 10.3. The van der Waals surface area contributed by atoms with Gasteiger partial charge in [0.15, 0.2) is 5.78 Å². The van der Waals surface area contributed by atoms with Crippen molar-refractivity contribution >= 4 is 15.9 Å². The van der Waals surface area contributed by atoms with Gasteiger partial charge in [-0.1, -0.05) is 6.08 Å². The van der Waals surface area contributed by atoms with Crippen molar-refractivity contribution in [3.8, 4) is 0 Å². The van der Waals surface area contributed by atoms with E-state index in [0.29, 0.717) is 0 Å². The van der Waals surface area contributed by atoms with Gasteiger partial charge in [0.1, 0.15) is 5.25 Å². The molecule has 0 aliphatic rings. The summed E-state index contributed by atoms with van der Waals surface area (Å²) in [6, 6.07) is 0. The van der Waals surface area contributed by atoms with E-state index < -0.39 is 21.2 Å². The van der Waals surface area contributed by atoms with Crippen molar-refractivity contribution in [2.24, 2.45) is 0 Å². The Kier molecular flexibility index (Phi) is 3.41. The van der Waals surface area contributed by atoms with E-state index in [2.05, 4.69) is 0 Å². The maximum absolute atomic E-state index is 10.8. The zero-order chi connectivity index (χ0) is 9.07. The van der Waals surface area contributed by atoms with E-state index in [4.69, 9.17) is 4.55 Å². The summed E-state index contributed by atoms with van der Waals surface area (Å²) in [6.07, 6.45) is 2.53. The van der Waals surface area contributed by atoms with Crippen molar-refractivity contribution in [1.29, 1.82) is 0 Å². The molecule has 0 rings (SSSR count). The number of carbonyl (C=O) groups is 1. The minimum atomic E-state index is -4.23. The Labute approximate surface area is 65.7 Å². The Morgan fingerprint density at radius 1 is 1.55 bits per heavy atom. The van der Waals surface area contributed by atoms with Crippen molar-refractivity contribution < 1.29 is 17.8 Å². The molecule has 0 saturated heterocycles. The molecule has 1 N–H and O–H groups in total. The quantitative estimate of drug-likeness (QED) is 0.502. The molecule has 1 atom stereocenters. The van der Waals surface area contributed by atoms with Crippen LogP contribution in [0.3, 0.4) is 0 Å². The van der Waals surface area contributed by atoms with Crippen LogP contribution in [0.4, 0.5) is 0 Å². The van der Waals surface area contributed by atoms with Crippen molar-refractivity contribution in [1.82, 2.24) is 0 Å². The molecule has 64 valence electrons. The van der Waals surface area contributed by atoms with E-state index in [0.717, 1.165) is 13.0 Å². The predicted octanol–water partition coefficient (Wildman–Crippen LogP) is 0.408. The first-order chi connectivity index (χ1) is 4.89. The van der Waals surface area contributed by atoms with E-state index in [-0.39, 0.29) is 0 Å².